The number of anilines is 1. The molecule has 3 unspecified atom stereocenters. The molecule has 1 heterocycles. The molecule has 1 aliphatic rings. The maximum absolute atomic E-state index is 10.9. The Bertz CT molecular complexity index is 422. The molecule has 17 heavy (non-hydrogen) atoms. The lowest BCUT2D eigenvalue weighted by Crippen LogP contribution is -2.25. The molecule has 1 saturated carbocycles. The Kier molecular flexibility index (Phi) is 3.26. The summed E-state index contributed by atoms with van der Waals surface area (Å²) in [6.45, 7) is 4.41. The zero-order chi connectivity index (χ0) is 12.4. The van der Waals surface area contributed by atoms with Gasteiger partial charge in [0.1, 0.15) is 0 Å². The van der Waals surface area contributed by atoms with Gasteiger partial charge in [-0.3, -0.25) is 10.1 Å². The molecule has 0 aliphatic heterocycles. The van der Waals surface area contributed by atoms with Crippen molar-refractivity contribution in [3.63, 3.8) is 0 Å². The molecule has 0 saturated heterocycles. The molecule has 3 atom stereocenters. The summed E-state index contributed by atoms with van der Waals surface area (Å²) in [4.78, 5) is 14.5. The van der Waals surface area contributed by atoms with Crippen molar-refractivity contribution < 1.29 is 4.92 Å². The number of pyridine rings is 1. The Morgan fingerprint density at radius 1 is 1.47 bits per heavy atom. The van der Waals surface area contributed by atoms with Gasteiger partial charge in [0.15, 0.2) is 0 Å². The molecule has 1 aromatic rings. The van der Waals surface area contributed by atoms with Crippen molar-refractivity contribution in [3.05, 3.63) is 28.4 Å². The average molecular weight is 235 g/mol. The van der Waals surface area contributed by atoms with Crippen LogP contribution in [-0.4, -0.2) is 15.9 Å². The highest BCUT2D eigenvalue weighted by Crippen LogP contribution is 2.34. The van der Waals surface area contributed by atoms with Gasteiger partial charge in [-0.2, -0.15) is 0 Å². The van der Waals surface area contributed by atoms with Gasteiger partial charge in [0.2, 0.25) is 5.82 Å². The van der Waals surface area contributed by atoms with Crippen LogP contribution >= 0.6 is 0 Å². The predicted octanol–water partition coefficient (Wildman–Crippen LogP) is 2.84. The minimum Gasteiger partial charge on any atom is -0.361 e. The van der Waals surface area contributed by atoms with E-state index in [0.717, 1.165) is 6.42 Å². The second-order valence-electron chi connectivity index (χ2n) is 4.79. The second-order valence-corrected chi connectivity index (χ2v) is 4.79. The molecule has 2 rings (SSSR count). The summed E-state index contributed by atoms with van der Waals surface area (Å²) in [5.74, 6) is 1.58. The first-order chi connectivity index (χ1) is 8.09. The molecule has 5 heteroatoms. The van der Waals surface area contributed by atoms with Crippen molar-refractivity contribution in [3.8, 4) is 0 Å². The first-order valence-corrected chi connectivity index (χ1v) is 5.95. The Balaban J connectivity index is 2.16. The van der Waals surface area contributed by atoms with Gasteiger partial charge in [0.05, 0.1) is 4.92 Å². The van der Waals surface area contributed by atoms with E-state index in [1.54, 1.807) is 12.3 Å². The van der Waals surface area contributed by atoms with Gasteiger partial charge in [-0.15, -0.1) is 0 Å². The molecular formula is C12H17N3O2. The fraction of sp³-hybridized carbons (Fsp3) is 0.583. The number of aromatic nitrogens is 1. The summed E-state index contributed by atoms with van der Waals surface area (Å²) < 4.78 is 0. The largest absolute Gasteiger partial charge is 0.361 e. The van der Waals surface area contributed by atoms with Crippen LogP contribution in [0.1, 0.15) is 26.7 Å². The van der Waals surface area contributed by atoms with Crippen molar-refractivity contribution in [1.82, 2.24) is 4.98 Å². The normalized spacial score (nSPS) is 28.0. The maximum atomic E-state index is 10.9. The Labute approximate surface area is 100 Å². The van der Waals surface area contributed by atoms with Crippen LogP contribution < -0.4 is 5.32 Å². The van der Waals surface area contributed by atoms with E-state index in [4.69, 9.17) is 0 Å². The molecule has 0 radical (unpaired) electrons. The van der Waals surface area contributed by atoms with Gasteiger partial charge in [-0.1, -0.05) is 13.8 Å². The van der Waals surface area contributed by atoms with E-state index in [0.29, 0.717) is 23.7 Å². The zero-order valence-electron chi connectivity index (χ0n) is 10.1. The Morgan fingerprint density at radius 3 is 2.82 bits per heavy atom. The van der Waals surface area contributed by atoms with Gasteiger partial charge in [0, 0.05) is 18.3 Å². The highest BCUT2D eigenvalue weighted by atomic mass is 16.6. The molecule has 1 fully saturated rings. The SMILES string of the molecule is CC1CCC(Nc2ncccc2[N+](=O)[O-])C1C. The molecule has 1 aromatic heterocycles. The summed E-state index contributed by atoms with van der Waals surface area (Å²) in [7, 11) is 0. The average Bonchev–Trinajstić information content (AvgIpc) is 2.61. The fourth-order valence-corrected chi connectivity index (χ4v) is 2.40. The molecule has 0 bridgehead atoms. The van der Waals surface area contributed by atoms with Gasteiger partial charge in [0.25, 0.3) is 0 Å². The van der Waals surface area contributed by atoms with Crippen LogP contribution in [0.2, 0.25) is 0 Å². The summed E-state index contributed by atoms with van der Waals surface area (Å²) in [6, 6.07) is 3.36. The fourth-order valence-electron chi connectivity index (χ4n) is 2.40. The van der Waals surface area contributed by atoms with E-state index >= 15 is 0 Å². The molecule has 1 N–H and O–H groups in total. The van der Waals surface area contributed by atoms with Crippen LogP contribution in [0.5, 0.6) is 0 Å². The van der Waals surface area contributed by atoms with E-state index < -0.39 is 4.92 Å². The number of hydrogen-bond acceptors (Lipinski definition) is 4. The van der Waals surface area contributed by atoms with Gasteiger partial charge in [-0.05, 0) is 30.7 Å². The second kappa shape index (κ2) is 4.69. The summed E-state index contributed by atoms with van der Waals surface area (Å²) >= 11 is 0. The Hall–Kier alpha value is -1.65. The summed E-state index contributed by atoms with van der Waals surface area (Å²) in [5.41, 5.74) is 0.0549. The van der Waals surface area contributed by atoms with Crippen molar-refractivity contribution >= 4 is 11.5 Å². The standard InChI is InChI=1S/C12H17N3O2/c1-8-5-6-10(9(8)2)14-12-11(15(16)17)4-3-7-13-12/h3-4,7-10H,5-6H2,1-2H3,(H,13,14). The molecule has 0 spiro atoms. The van der Waals surface area contributed by atoms with E-state index in [2.05, 4.69) is 24.1 Å². The third kappa shape index (κ3) is 2.38. The van der Waals surface area contributed by atoms with E-state index in [9.17, 15) is 10.1 Å². The van der Waals surface area contributed by atoms with Crippen LogP contribution in [0, 0.1) is 22.0 Å². The van der Waals surface area contributed by atoms with Gasteiger partial charge in [-0.25, -0.2) is 4.98 Å². The van der Waals surface area contributed by atoms with Crippen LogP contribution in [0.4, 0.5) is 11.5 Å². The molecule has 0 amide bonds. The third-order valence-electron chi connectivity index (χ3n) is 3.77. The molecule has 92 valence electrons. The summed E-state index contributed by atoms with van der Waals surface area (Å²) in [5, 5.41) is 14.1. The first-order valence-electron chi connectivity index (χ1n) is 5.95. The molecular weight excluding hydrogens is 218 g/mol. The van der Waals surface area contributed by atoms with E-state index in [-0.39, 0.29) is 5.69 Å². The monoisotopic (exact) mass is 235 g/mol. The lowest BCUT2D eigenvalue weighted by atomic mass is 9.98. The van der Waals surface area contributed by atoms with Crippen LogP contribution in [0.15, 0.2) is 18.3 Å². The van der Waals surface area contributed by atoms with Crippen molar-refractivity contribution in [2.75, 3.05) is 5.32 Å². The highest BCUT2D eigenvalue weighted by Gasteiger charge is 2.31. The minimum absolute atomic E-state index is 0.0549. The van der Waals surface area contributed by atoms with Crippen LogP contribution in [0.3, 0.4) is 0 Å². The van der Waals surface area contributed by atoms with Crippen molar-refractivity contribution in [2.45, 2.75) is 32.7 Å². The molecule has 5 nitrogen and oxygen atoms in total. The summed E-state index contributed by atoms with van der Waals surface area (Å²) in [6.07, 6.45) is 3.80. The highest BCUT2D eigenvalue weighted by molar-refractivity contribution is 5.55. The molecule has 0 aromatic carbocycles. The smallest absolute Gasteiger partial charge is 0.311 e. The lowest BCUT2D eigenvalue weighted by Gasteiger charge is -2.19. The maximum Gasteiger partial charge on any atom is 0.311 e. The molecule has 1 aliphatic carbocycles. The topological polar surface area (TPSA) is 68.1 Å². The number of nitrogens with one attached hydrogen (secondary N) is 1. The van der Waals surface area contributed by atoms with Crippen molar-refractivity contribution in [1.29, 1.82) is 0 Å². The number of nitro groups is 1. The first kappa shape index (κ1) is 11.8. The van der Waals surface area contributed by atoms with E-state index in [1.165, 1.54) is 12.5 Å². The predicted molar refractivity (Wildman–Crippen MR) is 65.9 cm³/mol. The van der Waals surface area contributed by atoms with Crippen LogP contribution in [0.25, 0.3) is 0 Å². The van der Waals surface area contributed by atoms with Gasteiger partial charge >= 0.3 is 5.69 Å². The lowest BCUT2D eigenvalue weighted by molar-refractivity contribution is -0.384. The Morgan fingerprint density at radius 2 is 2.24 bits per heavy atom. The quantitative estimate of drug-likeness (QED) is 0.646. The zero-order valence-corrected chi connectivity index (χ0v) is 10.1. The van der Waals surface area contributed by atoms with Crippen molar-refractivity contribution in [2.24, 2.45) is 11.8 Å². The third-order valence-corrected chi connectivity index (χ3v) is 3.77. The van der Waals surface area contributed by atoms with E-state index in [1.807, 2.05) is 0 Å². The van der Waals surface area contributed by atoms with Crippen LogP contribution in [-0.2, 0) is 0 Å². The van der Waals surface area contributed by atoms with Gasteiger partial charge < -0.3 is 5.32 Å². The number of hydrogen-bond donors (Lipinski definition) is 1. The number of nitrogens with zero attached hydrogens (tertiary/aromatic N) is 2. The minimum atomic E-state index is -0.390. The number of rotatable bonds is 3.